The number of ether oxygens (including phenoxy) is 1. The molecule has 0 spiro atoms. The Balaban J connectivity index is 2.08. The van der Waals surface area contributed by atoms with Gasteiger partial charge in [0, 0.05) is 23.5 Å². The average Bonchev–Trinajstić information content (AvgIpc) is 2.90. The lowest BCUT2D eigenvalue weighted by Gasteiger charge is -2.09. The molecule has 0 unspecified atom stereocenters. The summed E-state index contributed by atoms with van der Waals surface area (Å²) in [6.45, 7) is 0.752. The number of aliphatic hydroxyl groups excluding tert-OH is 1. The van der Waals surface area contributed by atoms with Crippen molar-refractivity contribution in [2.45, 2.75) is 6.42 Å². The van der Waals surface area contributed by atoms with Crippen LogP contribution in [0.2, 0.25) is 0 Å². The van der Waals surface area contributed by atoms with Crippen LogP contribution >= 0.6 is 23.6 Å². The van der Waals surface area contributed by atoms with Gasteiger partial charge in [0.2, 0.25) is 0 Å². The summed E-state index contributed by atoms with van der Waals surface area (Å²) in [6.07, 6.45) is 0.647. The molecule has 0 atom stereocenters. The number of rotatable bonds is 5. The maximum Gasteiger partial charge on any atom is 0.348 e. The van der Waals surface area contributed by atoms with E-state index in [-0.39, 0.29) is 12.6 Å². The van der Waals surface area contributed by atoms with E-state index in [4.69, 9.17) is 22.1 Å². The zero-order valence-corrected chi connectivity index (χ0v) is 13.1. The fraction of sp³-hybridized carbons (Fsp3) is 0.286. The van der Waals surface area contributed by atoms with Crippen LogP contribution in [0.1, 0.15) is 16.1 Å². The van der Waals surface area contributed by atoms with Gasteiger partial charge in [-0.05, 0) is 48.3 Å². The van der Waals surface area contributed by atoms with Gasteiger partial charge in [-0.15, -0.1) is 11.3 Å². The molecule has 2 rings (SSSR count). The van der Waals surface area contributed by atoms with Crippen LogP contribution in [-0.4, -0.2) is 36.4 Å². The Morgan fingerprint density at radius 3 is 2.95 bits per heavy atom. The lowest BCUT2D eigenvalue weighted by atomic mass is 10.2. The number of fused-ring (bicyclic) bond motifs is 1. The number of nitrogens with one attached hydrogen (secondary N) is 2. The molecule has 0 radical (unpaired) electrons. The third-order valence-electron chi connectivity index (χ3n) is 2.78. The molecule has 1 aromatic carbocycles. The number of aliphatic hydroxyl groups is 1. The van der Waals surface area contributed by atoms with Crippen LogP contribution in [0.5, 0.6) is 0 Å². The maximum absolute atomic E-state index is 11.5. The van der Waals surface area contributed by atoms with Gasteiger partial charge in [0.1, 0.15) is 4.88 Å². The van der Waals surface area contributed by atoms with E-state index in [9.17, 15) is 4.79 Å². The van der Waals surface area contributed by atoms with Crippen molar-refractivity contribution in [3.8, 4) is 0 Å². The first-order valence-corrected chi connectivity index (χ1v) is 7.64. The summed E-state index contributed by atoms with van der Waals surface area (Å²) in [5.41, 5.74) is 0.846. The number of hydrogen-bond acceptors (Lipinski definition) is 5. The second kappa shape index (κ2) is 7.35. The molecule has 0 bridgehead atoms. The number of carbonyl (C=O) groups excluding carboxylic acids is 1. The quantitative estimate of drug-likeness (QED) is 0.446. The van der Waals surface area contributed by atoms with Gasteiger partial charge in [-0.25, -0.2) is 4.79 Å². The van der Waals surface area contributed by atoms with Crippen LogP contribution in [0.25, 0.3) is 10.1 Å². The number of thiocarbonyl (C=S) groups is 1. The van der Waals surface area contributed by atoms with Crippen LogP contribution in [0.15, 0.2) is 24.3 Å². The van der Waals surface area contributed by atoms with Gasteiger partial charge in [-0.1, -0.05) is 0 Å². The topological polar surface area (TPSA) is 70.6 Å². The Labute approximate surface area is 131 Å². The van der Waals surface area contributed by atoms with Crippen molar-refractivity contribution in [2.75, 3.05) is 25.6 Å². The number of esters is 1. The smallest absolute Gasteiger partial charge is 0.348 e. The van der Waals surface area contributed by atoms with Crippen LogP contribution < -0.4 is 10.6 Å². The molecule has 0 saturated heterocycles. The van der Waals surface area contributed by atoms with Gasteiger partial charge in [-0.3, -0.25) is 0 Å². The number of benzene rings is 1. The summed E-state index contributed by atoms with van der Waals surface area (Å²) in [5, 5.41) is 16.3. The molecule has 7 heteroatoms. The first kappa shape index (κ1) is 15.7. The third kappa shape index (κ3) is 4.13. The molecule has 2 aromatic rings. The Morgan fingerprint density at radius 2 is 2.24 bits per heavy atom. The molecule has 1 heterocycles. The van der Waals surface area contributed by atoms with Gasteiger partial charge in [0.05, 0.1) is 7.11 Å². The third-order valence-corrected chi connectivity index (χ3v) is 4.12. The highest BCUT2D eigenvalue weighted by molar-refractivity contribution is 7.80. The predicted octanol–water partition coefficient (Wildman–Crippen LogP) is 2.36. The Kier molecular flexibility index (Phi) is 5.49. The molecule has 0 saturated carbocycles. The van der Waals surface area contributed by atoms with Crippen molar-refractivity contribution >= 4 is 50.4 Å². The average molecular weight is 324 g/mol. The standard InChI is InChI=1S/C14H16N2O3S2/c1-19-13(18)12-8-9-7-10(3-4-11(9)21-12)16-14(20)15-5-2-6-17/h3-4,7-8,17H,2,5-6H2,1H3,(H2,15,16,20). The van der Waals surface area contributed by atoms with Gasteiger partial charge in [0.25, 0.3) is 0 Å². The summed E-state index contributed by atoms with van der Waals surface area (Å²) >= 11 is 6.56. The summed E-state index contributed by atoms with van der Waals surface area (Å²) in [6, 6.07) is 7.57. The second-order valence-corrected chi connectivity index (χ2v) is 5.80. The molecule has 1 aromatic heterocycles. The normalized spacial score (nSPS) is 10.4. The molecule has 0 amide bonds. The highest BCUT2D eigenvalue weighted by atomic mass is 32.1. The monoisotopic (exact) mass is 324 g/mol. The lowest BCUT2D eigenvalue weighted by Crippen LogP contribution is -2.29. The van der Waals surface area contributed by atoms with Crippen LogP contribution in [0.4, 0.5) is 5.69 Å². The zero-order chi connectivity index (χ0) is 15.2. The van der Waals surface area contributed by atoms with E-state index in [1.165, 1.54) is 18.4 Å². The predicted molar refractivity (Wildman–Crippen MR) is 89.1 cm³/mol. The minimum absolute atomic E-state index is 0.132. The SMILES string of the molecule is COC(=O)c1cc2cc(NC(=S)NCCCO)ccc2s1. The van der Waals surface area contributed by atoms with Crippen molar-refractivity contribution < 1.29 is 14.6 Å². The van der Waals surface area contributed by atoms with Crippen LogP contribution in [-0.2, 0) is 4.74 Å². The number of carbonyl (C=O) groups is 1. The Morgan fingerprint density at radius 1 is 1.43 bits per heavy atom. The Hall–Kier alpha value is -1.70. The van der Waals surface area contributed by atoms with Gasteiger partial charge < -0.3 is 20.5 Å². The number of anilines is 1. The molecule has 21 heavy (non-hydrogen) atoms. The number of methoxy groups -OCH3 is 1. The van der Waals surface area contributed by atoms with Crippen LogP contribution in [0.3, 0.4) is 0 Å². The number of hydrogen-bond donors (Lipinski definition) is 3. The van der Waals surface area contributed by atoms with Crippen molar-refractivity contribution in [1.29, 1.82) is 0 Å². The Bertz CT molecular complexity index is 655. The molecule has 0 fully saturated rings. The van der Waals surface area contributed by atoms with Crippen molar-refractivity contribution in [1.82, 2.24) is 5.32 Å². The highest BCUT2D eigenvalue weighted by Crippen LogP contribution is 2.28. The van der Waals surface area contributed by atoms with E-state index >= 15 is 0 Å². The summed E-state index contributed by atoms with van der Waals surface area (Å²) in [5.74, 6) is -0.327. The van der Waals surface area contributed by atoms with E-state index < -0.39 is 0 Å². The summed E-state index contributed by atoms with van der Waals surface area (Å²) in [4.78, 5) is 12.1. The summed E-state index contributed by atoms with van der Waals surface area (Å²) < 4.78 is 5.73. The molecule has 3 N–H and O–H groups in total. The maximum atomic E-state index is 11.5. The molecule has 0 aliphatic heterocycles. The molecular weight excluding hydrogens is 308 g/mol. The van der Waals surface area contributed by atoms with Gasteiger partial charge in [-0.2, -0.15) is 0 Å². The van der Waals surface area contributed by atoms with Gasteiger partial charge in [0.15, 0.2) is 5.11 Å². The highest BCUT2D eigenvalue weighted by Gasteiger charge is 2.10. The minimum Gasteiger partial charge on any atom is -0.465 e. The van der Waals surface area contributed by atoms with Crippen molar-refractivity contribution in [3.05, 3.63) is 29.1 Å². The fourth-order valence-corrected chi connectivity index (χ4v) is 2.96. The largest absolute Gasteiger partial charge is 0.465 e. The van der Waals surface area contributed by atoms with Gasteiger partial charge >= 0.3 is 5.97 Å². The molecular formula is C14H16N2O3S2. The fourth-order valence-electron chi connectivity index (χ4n) is 1.78. The molecule has 112 valence electrons. The minimum atomic E-state index is -0.327. The summed E-state index contributed by atoms with van der Waals surface area (Å²) in [7, 11) is 1.37. The first-order valence-electron chi connectivity index (χ1n) is 6.41. The number of thiophene rings is 1. The van der Waals surface area contributed by atoms with E-state index in [2.05, 4.69) is 10.6 Å². The first-order chi connectivity index (χ1) is 10.1. The van der Waals surface area contributed by atoms with E-state index in [1.54, 1.807) is 6.07 Å². The van der Waals surface area contributed by atoms with E-state index in [0.29, 0.717) is 23.0 Å². The van der Waals surface area contributed by atoms with Crippen molar-refractivity contribution in [2.24, 2.45) is 0 Å². The molecule has 0 aliphatic rings. The van der Waals surface area contributed by atoms with Crippen LogP contribution in [0, 0.1) is 0 Å². The zero-order valence-electron chi connectivity index (χ0n) is 11.5. The van der Waals surface area contributed by atoms with E-state index in [0.717, 1.165) is 15.8 Å². The van der Waals surface area contributed by atoms with E-state index in [1.807, 2.05) is 18.2 Å². The molecule has 5 nitrogen and oxygen atoms in total. The second-order valence-electron chi connectivity index (χ2n) is 4.31. The van der Waals surface area contributed by atoms with Crippen molar-refractivity contribution in [3.63, 3.8) is 0 Å². The molecule has 0 aliphatic carbocycles. The lowest BCUT2D eigenvalue weighted by molar-refractivity contribution is 0.0606.